The molecule has 0 saturated carbocycles. The van der Waals surface area contributed by atoms with Gasteiger partial charge in [0.25, 0.3) is 0 Å². The van der Waals surface area contributed by atoms with Crippen LogP contribution in [-0.2, 0) is 13.0 Å². The molecular weight excluding hydrogens is 286 g/mol. The number of phenolic OH excluding ortho intramolecular Hbond substituents is 1. The topological polar surface area (TPSA) is 50.7 Å². The number of ether oxygens (including phenoxy) is 2. The van der Waals surface area contributed by atoms with Crippen molar-refractivity contribution in [3.63, 3.8) is 0 Å². The fourth-order valence-corrected chi connectivity index (χ4v) is 2.98. The van der Waals surface area contributed by atoms with Gasteiger partial charge in [-0.1, -0.05) is 6.07 Å². The number of aromatic hydroxyl groups is 1. The van der Waals surface area contributed by atoms with Crippen LogP contribution < -0.4 is 14.8 Å². The molecule has 0 aliphatic carbocycles. The Hall–Kier alpha value is -1.72. The molecule has 4 nitrogen and oxygen atoms in total. The minimum atomic E-state index is 0.0374. The Bertz CT molecular complexity index is 544. The Kier molecular flexibility index (Phi) is 5.47. The van der Waals surface area contributed by atoms with Crippen LogP contribution in [0.2, 0.25) is 0 Å². The van der Waals surface area contributed by atoms with Crippen molar-refractivity contribution in [3.05, 3.63) is 40.1 Å². The van der Waals surface area contributed by atoms with Gasteiger partial charge in [-0.3, -0.25) is 0 Å². The van der Waals surface area contributed by atoms with E-state index in [1.54, 1.807) is 11.3 Å². The fourth-order valence-electron chi connectivity index (χ4n) is 2.14. The van der Waals surface area contributed by atoms with Gasteiger partial charge in [0.2, 0.25) is 5.75 Å². The lowest BCUT2D eigenvalue weighted by atomic mass is 10.1. The molecule has 0 aliphatic rings. The summed E-state index contributed by atoms with van der Waals surface area (Å²) in [6.45, 7) is 2.86. The third-order valence-corrected chi connectivity index (χ3v) is 4.18. The Labute approximate surface area is 129 Å². The summed E-state index contributed by atoms with van der Waals surface area (Å²) in [4.78, 5) is 1.37. The van der Waals surface area contributed by atoms with Crippen LogP contribution in [0.25, 0.3) is 0 Å². The van der Waals surface area contributed by atoms with E-state index in [0.29, 0.717) is 24.1 Å². The predicted molar refractivity (Wildman–Crippen MR) is 85.5 cm³/mol. The Morgan fingerprint density at radius 1 is 1.24 bits per heavy atom. The van der Waals surface area contributed by atoms with Crippen LogP contribution in [0.4, 0.5) is 0 Å². The van der Waals surface area contributed by atoms with E-state index in [2.05, 4.69) is 29.8 Å². The van der Waals surface area contributed by atoms with Crippen LogP contribution in [0.3, 0.4) is 0 Å². The highest BCUT2D eigenvalue weighted by atomic mass is 32.1. The number of thiophene rings is 1. The quantitative estimate of drug-likeness (QED) is 0.825. The van der Waals surface area contributed by atoms with Gasteiger partial charge in [0.1, 0.15) is 0 Å². The molecule has 0 radical (unpaired) electrons. The lowest BCUT2D eigenvalue weighted by molar-refractivity contribution is 0.339. The maximum absolute atomic E-state index is 9.89. The van der Waals surface area contributed by atoms with Crippen molar-refractivity contribution in [2.45, 2.75) is 25.9 Å². The number of rotatable bonds is 7. The Morgan fingerprint density at radius 2 is 1.90 bits per heavy atom. The van der Waals surface area contributed by atoms with Gasteiger partial charge >= 0.3 is 0 Å². The van der Waals surface area contributed by atoms with Crippen LogP contribution in [0.15, 0.2) is 29.6 Å². The van der Waals surface area contributed by atoms with Crippen molar-refractivity contribution in [1.29, 1.82) is 0 Å². The van der Waals surface area contributed by atoms with Gasteiger partial charge in [-0.2, -0.15) is 0 Å². The summed E-state index contributed by atoms with van der Waals surface area (Å²) in [5.74, 6) is 0.893. The van der Waals surface area contributed by atoms with Crippen molar-refractivity contribution >= 4 is 11.3 Å². The zero-order valence-electron chi connectivity index (χ0n) is 12.6. The van der Waals surface area contributed by atoms with E-state index in [0.717, 1.165) is 12.0 Å². The van der Waals surface area contributed by atoms with Crippen LogP contribution in [0.1, 0.15) is 17.4 Å². The molecule has 0 amide bonds. The second-order valence-corrected chi connectivity index (χ2v) is 5.95. The molecule has 1 heterocycles. The van der Waals surface area contributed by atoms with E-state index in [1.165, 1.54) is 19.1 Å². The zero-order valence-corrected chi connectivity index (χ0v) is 13.4. The second kappa shape index (κ2) is 7.33. The van der Waals surface area contributed by atoms with Gasteiger partial charge in [0.15, 0.2) is 11.5 Å². The molecule has 0 spiro atoms. The Balaban J connectivity index is 1.99. The molecule has 2 aromatic rings. The van der Waals surface area contributed by atoms with Crippen molar-refractivity contribution in [2.75, 3.05) is 14.2 Å². The summed E-state index contributed by atoms with van der Waals surface area (Å²) in [5, 5.41) is 15.5. The predicted octanol–water partition coefficient (Wildman–Crippen LogP) is 3.19. The van der Waals surface area contributed by atoms with Crippen LogP contribution in [0, 0.1) is 0 Å². The smallest absolute Gasteiger partial charge is 0.200 e. The SMILES string of the molecule is COc1cc(CNC(C)Cc2cccs2)cc(OC)c1O. The van der Waals surface area contributed by atoms with Gasteiger partial charge in [0, 0.05) is 17.5 Å². The molecule has 0 saturated heterocycles. The normalized spacial score (nSPS) is 12.1. The number of phenols is 1. The maximum Gasteiger partial charge on any atom is 0.200 e. The van der Waals surface area contributed by atoms with Crippen molar-refractivity contribution < 1.29 is 14.6 Å². The van der Waals surface area contributed by atoms with Gasteiger partial charge in [-0.25, -0.2) is 0 Å². The first-order valence-corrected chi connectivity index (χ1v) is 7.71. The number of hydrogen-bond acceptors (Lipinski definition) is 5. The molecule has 1 aromatic carbocycles. The minimum absolute atomic E-state index is 0.0374. The molecule has 21 heavy (non-hydrogen) atoms. The van der Waals surface area contributed by atoms with Gasteiger partial charge < -0.3 is 19.9 Å². The molecule has 0 bridgehead atoms. The summed E-state index contributed by atoms with van der Waals surface area (Å²) in [6.07, 6.45) is 1.00. The monoisotopic (exact) mass is 307 g/mol. The molecule has 1 atom stereocenters. The highest BCUT2D eigenvalue weighted by Gasteiger charge is 2.12. The number of hydrogen-bond donors (Lipinski definition) is 2. The van der Waals surface area contributed by atoms with Gasteiger partial charge in [0.05, 0.1) is 14.2 Å². The summed E-state index contributed by atoms with van der Waals surface area (Å²) in [7, 11) is 3.07. The van der Waals surface area contributed by atoms with E-state index in [4.69, 9.17) is 9.47 Å². The van der Waals surface area contributed by atoms with E-state index >= 15 is 0 Å². The largest absolute Gasteiger partial charge is 0.502 e. The average molecular weight is 307 g/mol. The third-order valence-electron chi connectivity index (χ3n) is 3.28. The first-order valence-electron chi connectivity index (χ1n) is 6.83. The van der Waals surface area contributed by atoms with E-state index < -0.39 is 0 Å². The molecule has 114 valence electrons. The highest BCUT2D eigenvalue weighted by Crippen LogP contribution is 2.37. The summed E-state index contributed by atoms with van der Waals surface area (Å²) in [6, 6.07) is 8.23. The van der Waals surface area contributed by atoms with E-state index in [9.17, 15) is 5.11 Å². The van der Waals surface area contributed by atoms with Crippen LogP contribution >= 0.6 is 11.3 Å². The van der Waals surface area contributed by atoms with E-state index in [1.807, 2.05) is 12.1 Å². The van der Waals surface area contributed by atoms with Gasteiger partial charge in [-0.05, 0) is 42.5 Å². The standard InChI is InChI=1S/C16H21NO3S/c1-11(7-13-5-4-6-21-13)17-10-12-8-14(19-2)16(18)15(9-12)20-3/h4-6,8-9,11,17-18H,7,10H2,1-3H3. The molecule has 0 aliphatic heterocycles. The molecule has 1 unspecified atom stereocenters. The van der Waals surface area contributed by atoms with E-state index in [-0.39, 0.29) is 5.75 Å². The minimum Gasteiger partial charge on any atom is -0.502 e. The van der Waals surface area contributed by atoms with Crippen LogP contribution in [-0.4, -0.2) is 25.4 Å². The lowest BCUT2D eigenvalue weighted by Gasteiger charge is -2.15. The number of methoxy groups -OCH3 is 2. The second-order valence-electron chi connectivity index (χ2n) is 4.91. The fraction of sp³-hybridized carbons (Fsp3) is 0.375. The highest BCUT2D eigenvalue weighted by molar-refractivity contribution is 7.09. The molecular formula is C16H21NO3S. The van der Waals surface area contributed by atoms with Crippen molar-refractivity contribution in [3.8, 4) is 17.2 Å². The number of nitrogens with one attached hydrogen (secondary N) is 1. The lowest BCUT2D eigenvalue weighted by Crippen LogP contribution is -2.27. The Morgan fingerprint density at radius 3 is 2.43 bits per heavy atom. The summed E-state index contributed by atoms with van der Waals surface area (Å²) < 4.78 is 10.3. The molecule has 1 aromatic heterocycles. The third kappa shape index (κ3) is 4.12. The van der Waals surface area contributed by atoms with Crippen molar-refractivity contribution in [2.24, 2.45) is 0 Å². The number of benzene rings is 1. The van der Waals surface area contributed by atoms with Crippen LogP contribution in [0.5, 0.6) is 17.2 Å². The first-order chi connectivity index (χ1) is 10.1. The maximum atomic E-state index is 9.89. The zero-order chi connectivity index (χ0) is 15.2. The molecule has 5 heteroatoms. The summed E-state index contributed by atoms with van der Waals surface area (Å²) in [5.41, 5.74) is 1.01. The average Bonchev–Trinajstić information content (AvgIpc) is 2.99. The van der Waals surface area contributed by atoms with Crippen molar-refractivity contribution in [1.82, 2.24) is 5.32 Å². The molecule has 0 fully saturated rings. The first kappa shape index (κ1) is 15.7. The summed E-state index contributed by atoms with van der Waals surface area (Å²) >= 11 is 1.77. The molecule has 2 N–H and O–H groups in total. The van der Waals surface area contributed by atoms with Gasteiger partial charge in [-0.15, -0.1) is 11.3 Å². The molecule has 2 rings (SSSR count).